The first-order valence-electron chi connectivity index (χ1n) is 12.5. The molecule has 2 atom stereocenters. The maximum Gasteiger partial charge on any atom is 0.336 e. The second-order valence-electron chi connectivity index (χ2n) is 9.34. The van der Waals surface area contributed by atoms with E-state index in [4.69, 9.17) is 4.74 Å². The molecule has 0 bridgehead atoms. The summed E-state index contributed by atoms with van der Waals surface area (Å²) in [5, 5.41) is 4.28. The quantitative estimate of drug-likeness (QED) is 0.267. The molecular weight excluding hydrogens is 472 g/mol. The van der Waals surface area contributed by atoms with Crippen molar-refractivity contribution in [1.82, 2.24) is 9.88 Å². The molecule has 186 valence electrons. The Hall–Kier alpha value is -3.32. The number of hydrogen-bond donors (Lipinski definition) is 1. The fourth-order valence-electron chi connectivity index (χ4n) is 5.46. The number of aromatic nitrogens is 1. The summed E-state index contributed by atoms with van der Waals surface area (Å²) in [6.45, 7) is 4.52. The third-order valence-electron chi connectivity index (χ3n) is 7.16. The summed E-state index contributed by atoms with van der Waals surface area (Å²) in [5.74, 6) is -1.65. The number of benzene rings is 2. The van der Waals surface area contributed by atoms with Crippen LogP contribution in [0.2, 0.25) is 0 Å². The first-order valence-corrected chi connectivity index (χ1v) is 13.4. The number of ether oxygens (including phenoxy) is 1. The van der Waals surface area contributed by atoms with Gasteiger partial charge >= 0.3 is 5.97 Å². The predicted octanol–water partition coefficient (Wildman–Crippen LogP) is 5.38. The molecule has 36 heavy (non-hydrogen) atoms. The Labute approximate surface area is 215 Å². The fraction of sp³-hybridized carbons (Fsp3) is 0.345. The van der Waals surface area contributed by atoms with Crippen molar-refractivity contribution in [2.75, 3.05) is 6.61 Å². The fourth-order valence-corrected chi connectivity index (χ4v) is 7.00. The third-order valence-corrected chi connectivity index (χ3v) is 8.58. The molecule has 0 spiro atoms. The number of Topliss-reactive ketones (excluding diaryl/α,β-unsaturated/α-hetero) is 1. The molecule has 1 aliphatic carbocycles. The number of para-hydroxylation sites is 1. The van der Waals surface area contributed by atoms with Crippen molar-refractivity contribution in [3.63, 3.8) is 0 Å². The number of rotatable bonds is 7. The molecule has 1 aromatic heterocycles. The van der Waals surface area contributed by atoms with E-state index in [0.717, 1.165) is 47.8 Å². The lowest BCUT2D eigenvalue weighted by Crippen LogP contribution is -2.31. The molecule has 6 nitrogen and oxygen atoms in total. The molecule has 2 heterocycles. The minimum absolute atomic E-state index is 0.0581. The topological polar surface area (TPSA) is 77.4 Å². The van der Waals surface area contributed by atoms with Crippen molar-refractivity contribution in [3.8, 4) is 0 Å². The van der Waals surface area contributed by atoms with E-state index in [1.807, 2.05) is 61.5 Å². The van der Waals surface area contributed by atoms with Crippen LogP contribution >= 0.6 is 11.8 Å². The van der Waals surface area contributed by atoms with Crippen molar-refractivity contribution >= 4 is 40.3 Å². The molecule has 1 fully saturated rings. The van der Waals surface area contributed by atoms with Crippen LogP contribution in [-0.2, 0) is 20.9 Å². The molecule has 1 aliphatic heterocycles. The lowest BCUT2D eigenvalue weighted by molar-refractivity contribution is -0.139. The van der Waals surface area contributed by atoms with Crippen molar-refractivity contribution in [3.05, 3.63) is 82.0 Å². The van der Waals surface area contributed by atoms with E-state index >= 15 is 0 Å². The van der Waals surface area contributed by atoms with Gasteiger partial charge in [0, 0.05) is 34.3 Å². The number of fused-ring (bicyclic) bond motifs is 2. The summed E-state index contributed by atoms with van der Waals surface area (Å²) >= 11 is 1.50. The highest BCUT2D eigenvalue weighted by molar-refractivity contribution is 8.04. The van der Waals surface area contributed by atoms with Gasteiger partial charge in [-0.05, 0) is 38.3 Å². The molecule has 0 saturated heterocycles. The summed E-state index contributed by atoms with van der Waals surface area (Å²) in [4.78, 5) is 39.7. The van der Waals surface area contributed by atoms with Gasteiger partial charge < -0.3 is 14.6 Å². The number of carbonyl (C=O) groups excluding carboxylic acids is 3. The zero-order valence-corrected chi connectivity index (χ0v) is 21.4. The minimum Gasteiger partial charge on any atom is -0.463 e. The molecule has 1 N–H and O–H groups in total. The molecule has 5 rings (SSSR count). The van der Waals surface area contributed by atoms with Gasteiger partial charge in [0.05, 0.1) is 22.8 Å². The summed E-state index contributed by atoms with van der Waals surface area (Å²) in [6, 6.07) is 17.7. The Morgan fingerprint density at radius 2 is 1.75 bits per heavy atom. The number of thioether (sulfide) groups is 1. The van der Waals surface area contributed by atoms with Gasteiger partial charge in [-0.15, -0.1) is 11.8 Å². The first kappa shape index (κ1) is 24.4. The van der Waals surface area contributed by atoms with Crippen molar-refractivity contribution in [2.24, 2.45) is 5.92 Å². The molecule has 0 unspecified atom stereocenters. The summed E-state index contributed by atoms with van der Waals surface area (Å²) in [5.41, 5.74) is 3.68. The molecule has 1 saturated carbocycles. The van der Waals surface area contributed by atoms with Crippen LogP contribution in [0.4, 0.5) is 0 Å². The number of hydrogen-bond acceptors (Lipinski definition) is 5. The minimum atomic E-state index is -0.719. The van der Waals surface area contributed by atoms with Crippen LogP contribution in [0.5, 0.6) is 0 Å². The van der Waals surface area contributed by atoms with E-state index in [0.29, 0.717) is 22.7 Å². The molecule has 3 aromatic rings. The Kier molecular flexibility index (Phi) is 7.01. The van der Waals surface area contributed by atoms with Crippen LogP contribution in [-0.4, -0.2) is 34.1 Å². The largest absolute Gasteiger partial charge is 0.463 e. The third kappa shape index (κ3) is 4.48. The first-order chi connectivity index (χ1) is 17.5. The Bertz CT molecular complexity index is 1360. The monoisotopic (exact) mass is 502 g/mol. The van der Waals surface area contributed by atoms with Gasteiger partial charge in [-0.2, -0.15) is 0 Å². The van der Waals surface area contributed by atoms with Gasteiger partial charge in [0.1, 0.15) is 0 Å². The smallest absolute Gasteiger partial charge is 0.336 e. The lowest BCUT2D eigenvalue weighted by atomic mass is 9.84. The van der Waals surface area contributed by atoms with Crippen LogP contribution in [0.25, 0.3) is 10.9 Å². The van der Waals surface area contributed by atoms with Crippen LogP contribution in [0, 0.1) is 12.8 Å². The number of amides is 1. The van der Waals surface area contributed by atoms with Crippen molar-refractivity contribution in [2.45, 2.75) is 51.3 Å². The van der Waals surface area contributed by atoms with Gasteiger partial charge in [-0.25, -0.2) is 4.79 Å². The average molecular weight is 503 g/mol. The number of nitrogens with one attached hydrogen (secondary N) is 1. The Morgan fingerprint density at radius 1 is 1.03 bits per heavy atom. The Balaban J connectivity index is 1.47. The van der Waals surface area contributed by atoms with Gasteiger partial charge in [0.2, 0.25) is 0 Å². The maximum atomic E-state index is 13.6. The number of ketones is 1. The molecule has 2 aromatic carbocycles. The zero-order valence-electron chi connectivity index (χ0n) is 20.6. The second kappa shape index (κ2) is 10.3. The van der Waals surface area contributed by atoms with E-state index < -0.39 is 17.7 Å². The predicted molar refractivity (Wildman–Crippen MR) is 142 cm³/mol. The van der Waals surface area contributed by atoms with Crippen molar-refractivity contribution in [1.29, 1.82) is 0 Å². The summed E-state index contributed by atoms with van der Waals surface area (Å²) < 4.78 is 7.40. The highest BCUT2D eigenvalue weighted by atomic mass is 32.2. The summed E-state index contributed by atoms with van der Waals surface area (Å²) in [7, 11) is 0. The van der Waals surface area contributed by atoms with Crippen LogP contribution in [0.1, 0.15) is 54.2 Å². The standard InChI is InChI=1S/C29H30N2O4S/c1-3-35-29(34)25-21-14-8-10-16-23(21)36-28(25)30-27(33)26(32)24-18(2)31(17-19-11-5-4-6-12-19)22-15-9-7-13-20(22)24/h4-7,9,11-13,15,21,23H,3,8,10,14,16-17H2,1-2H3,(H,30,33)/t21-,23-/m0/s1. The molecular formula is C29H30N2O4S. The molecule has 2 aliphatic rings. The number of esters is 1. The van der Waals surface area contributed by atoms with Gasteiger partial charge in [0.25, 0.3) is 11.7 Å². The van der Waals surface area contributed by atoms with Gasteiger partial charge in [-0.3, -0.25) is 9.59 Å². The average Bonchev–Trinajstić information content (AvgIpc) is 3.39. The summed E-state index contributed by atoms with van der Waals surface area (Å²) in [6.07, 6.45) is 4.03. The van der Waals surface area contributed by atoms with E-state index in [-0.39, 0.29) is 17.8 Å². The SMILES string of the molecule is CCOC(=O)C1=C(NC(=O)C(=O)c2c(C)n(Cc3ccccc3)c3ccccc23)S[C@H]2CCCC[C@H]12. The maximum absolute atomic E-state index is 13.6. The van der Waals surface area contributed by atoms with E-state index in [1.54, 1.807) is 6.92 Å². The lowest BCUT2D eigenvalue weighted by Gasteiger charge is -2.25. The number of nitrogens with zero attached hydrogens (tertiary/aromatic N) is 1. The van der Waals surface area contributed by atoms with Gasteiger partial charge in [0.15, 0.2) is 0 Å². The second-order valence-corrected chi connectivity index (χ2v) is 10.6. The van der Waals surface area contributed by atoms with Crippen LogP contribution in [0.15, 0.2) is 65.2 Å². The van der Waals surface area contributed by atoms with E-state index in [9.17, 15) is 14.4 Å². The van der Waals surface area contributed by atoms with Crippen LogP contribution in [0.3, 0.4) is 0 Å². The highest BCUT2D eigenvalue weighted by Gasteiger charge is 2.42. The van der Waals surface area contributed by atoms with Crippen molar-refractivity contribution < 1.29 is 19.1 Å². The van der Waals surface area contributed by atoms with Crippen LogP contribution < -0.4 is 5.32 Å². The molecule has 7 heteroatoms. The normalized spacial score (nSPS) is 19.3. The highest BCUT2D eigenvalue weighted by Crippen LogP contribution is 2.48. The van der Waals surface area contributed by atoms with E-state index in [1.165, 1.54) is 11.8 Å². The molecule has 0 radical (unpaired) electrons. The van der Waals surface area contributed by atoms with E-state index in [2.05, 4.69) is 9.88 Å². The number of carbonyl (C=O) groups is 3. The molecule has 1 amide bonds. The Morgan fingerprint density at radius 3 is 2.53 bits per heavy atom. The zero-order chi connectivity index (χ0) is 25.2. The van der Waals surface area contributed by atoms with Gasteiger partial charge in [-0.1, -0.05) is 61.4 Å².